The molecule has 0 spiro atoms. The first-order valence-corrected chi connectivity index (χ1v) is 9.02. The highest BCUT2D eigenvalue weighted by Gasteiger charge is 2.20. The van der Waals surface area contributed by atoms with E-state index in [4.69, 9.17) is 16.1 Å². The third kappa shape index (κ3) is 4.24. The average Bonchev–Trinajstić information content (AvgIpc) is 3.07. The van der Waals surface area contributed by atoms with Crippen LogP contribution in [-0.2, 0) is 0 Å². The zero-order valence-electron chi connectivity index (χ0n) is 16.1. The number of nitrogens with zero attached hydrogens (tertiary/aromatic N) is 2. The summed E-state index contributed by atoms with van der Waals surface area (Å²) >= 11 is 0. The summed E-state index contributed by atoms with van der Waals surface area (Å²) in [6.45, 7) is 0. The minimum atomic E-state index is -0.483. The molecule has 0 fully saturated rings. The van der Waals surface area contributed by atoms with Crippen molar-refractivity contribution in [3.8, 4) is 5.88 Å². The van der Waals surface area contributed by atoms with Gasteiger partial charge >= 0.3 is 0 Å². The number of hydrogen-bond donors (Lipinski definition) is 4. The van der Waals surface area contributed by atoms with Crippen molar-refractivity contribution in [3.63, 3.8) is 0 Å². The molecule has 31 heavy (non-hydrogen) atoms. The van der Waals surface area contributed by atoms with Gasteiger partial charge in [0.15, 0.2) is 5.88 Å². The van der Waals surface area contributed by atoms with Crippen LogP contribution >= 0.6 is 12.4 Å². The maximum Gasteiger partial charge on any atom is 0.270 e. The molecule has 0 aliphatic carbocycles. The van der Waals surface area contributed by atoms with Gasteiger partial charge in [-0.3, -0.25) is 15.5 Å². The van der Waals surface area contributed by atoms with Crippen LogP contribution in [0.15, 0.2) is 77.8 Å². The SMILES string of the molecule is Cl.N=C(N)c1cccc(N=C(c2ccccc2)c2c(O)[nH]c3ccc([N+](=O)[O-])cc23)c1. The van der Waals surface area contributed by atoms with Gasteiger partial charge in [0.1, 0.15) is 5.84 Å². The van der Waals surface area contributed by atoms with Gasteiger partial charge in [-0.15, -0.1) is 12.4 Å². The zero-order valence-corrected chi connectivity index (χ0v) is 16.9. The van der Waals surface area contributed by atoms with Crippen LogP contribution in [0.25, 0.3) is 10.9 Å². The van der Waals surface area contributed by atoms with E-state index in [2.05, 4.69) is 4.98 Å². The summed E-state index contributed by atoms with van der Waals surface area (Å²) in [6, 6.07) is 20.4. The quantitative estimate of drug-likeness (QED) is 0.156. The van der Waals surface area contributed by atoms with E-state index in [0.29, 0.717) is 39.0 Å². The van der Waals surface area contributed by atoms with Crippen molar-refractivity contribution in [1.29, 1.82) is 5.41 Å². The van der Waals surface area contributed by atoms with Crippen molar-refractivity contribution in [3.05, 3.63) is 99.6 Å². The zero-order chi connectivity index (χ0) is 21.3. The Kier molecular flexibility index (Phi) is 6.03. The minimum Gasteiger partial charge on any atom is -0.494 e. The standard InChI is InChI=1S/C22H17N5O3.ClH/c23-21(24)14-7-4-8-15(11-14)25-20(13-5-2-1-3-6-13)19-17-12-16(27(29)30)9-10-18(17)26-22(19)28;/h1-12,26,28H,(H3,23,24);1H. The van der Waals surface area contributed by atoms with Gasteiger partial charge < -0.3 is 15.8 Å². The van der Waals surface area contributed by atoms with E-state index in [1.807, 2.05) is 30.3 Å². The lowest BCUT2D eigenvalue weighted by molar-refractivity contribution is -0.384. The first-order chi connectivity index (χ1) is 14.4. The van der Waals surface area contributed by atoms with E-state index in [0.717, 1.165) is 0 Å². The van der Waals surface area contributed by atoms with Crippen LogP contribution in [-0.4, -0.2) is 26.6 Å². The summed E-state index contributed by atoms with van der Waals surface area (Å²) in [5.41, 5.74) is 8.60. The van der Waals surface area contributed by atoms with Gasteiger partial charge in [0.25, 0.3) is 5.69 Å². The van der Waals surface area contributed by atoms with Crippen LogP contribution in [0, 0.1) is 15.5 Å². The smallest absolute Gasteiger partial charge is 0.270 e. The number of nitro benzene ring substituents is 1. The number of H-pyrrole nitrogens is 1. The number of aromatic hydroxyl groups is 1. The second kappa shape index (κ2) is 8.68. The molecule has 4 aromatic rings. The van der Waals surface area contributed by atoms with Crippen molar-refractivity contribution in [2.45, 2.75) is 0 Å². The fourth-order valence-electron chi connectivity index (χ4n) is 3.25. The normalized spacial score (nSPS) is 11.2. The Morgan fingerprint density at radius 1 is 1.03 bits per heavy atom. The van der Waals surface area contributed by atoms with Crippen LogP contribution in [0.1, 0.15) is 16.7 Å². The number of amidine groups is 1. The first kappa shape index (κ1) is 21.5. The molecule has 5 N–H and O–H groups in total. The van der Waals surface area contributed by atoms with E-state index in [1.165, 1.54) is 12.1 Å². The number of benzene rings is 3. The summed E-state index contributed by atoms with van der Waals surface area (Å²) in [7, 11) is 0. The maximum atomic E-state index is 11.3. The molecule has 3 aromatic carbocycles. The molecular weight excluding hydrogens is 418 g/mol. The predicted octanol–water partition coefficient (Wildman–Crippen LogP) is 4.66. The molecule has 0 saturated carbocycles. The second-order valence-electron chi connectivity index (χ2n) is 6.63. The molecule has 0 atom stereocenters. The van der Waals surface area contributed by atoms with Gasteiger partial charge in [0.2, 0.25) is 0 Å². The number of rotatable bonds is 5. The summed E-state index contributed by atoms with van der Waals surface area (Å²) < 4.78 is 0. The Hall–Kier alpha value is -4.17. The van der Waals surface area contributed by atoms with Crippen LogP contribution in [0.4, 0.5) is 11.4 Å². The highest BCUT2D eigenvalue weighted by atomic mass is 35.5. The van der Waals surface area contributed by atoms with Gasteiger partial charge in [0, 0.05) is 34.2 Å². The Labute approximate surface area is 183 Å². The highest BCUT2D eigenvalue weighted by molar-refractivity contribution is 6.22. The van der Waals surface area contributed by atoms with E-state index in [9.17, 15) is 15.2 Å². The molecular formula is C22H18ClN5O3. The number of nitrogen functional groups attached to an aromatic ring is 1. The minimum absolute atomic E-state index is 0. The number of nitrogens with two attached hydrogens (primary N) is 1. The monoisotopic (exact) mass is 435 g/mol. The van der Waals surface area contributed by atoms with Gasteiger partial charge in [-0.25, -0.2) is 4.99 Å². The first-order valence-electron chi connectivity index (χ1n) is 9.02. The molecule has 4 rings (SSSR count). The summed E-state index contributed by atoms with van der Waals surface area (Å²) in [5.74, 6) is -0.227. The Morgan fingerprint density at radius 3 is 2.42 bits per heavy atom. The Balaban J connectivity index is 0.00000272. The molecule has 1 aromatic heterocycles. The Bertz CT molecular complexity index is 1320. The molecule has 0 radical (unpaired) electrons. The predicted molar refractivity (Wildman–Crippen MR) is 123 cm³/mol. The average molecular weight is 436 g/mol. The van der Waals surface area contributed by atoms with Crippen molar-refractivity contribution in [2.24, 2.45) is 10.7 Å². The number of halogens is 1. The molecule has 0 amide bonds. The third-order valence-electron chi connectivity index (χ3n) is 4.66. The maximum absolute atomic E-state index is 11.3. The number of fused-ring (bicyclic) bond motifs is 1. The fraction of sp³-hybridized carbons (Fsp3) is 0. The lowest BCUT2D eigenvalue weighted by atomic mass is 10.0. The lowest BCUT2D eigenvalue weighted by Crippen LogP contribution is -2.10. The topological polar surface area (TPSA) is 141 Å². The molecule has 0 aliphatic heterocycles. The molecule has 0 aliphatic rings. The van der Waals surface area contributed by atoms with Crippen molar-refractivity contribution >= 4 is 46.2 Å². The molecule has 8 nitrogen and oxygen atoms in total. The number of non-ortho nitro benzene ring substituents is 1. The van der Waals surface area contributed by atoms with Crippen molar-refractivity contribution in [2.75, 3.05) is 0 Å². The number of nitrogens with one attached hydrogen (secondary N) is 2. The van der Waals surface area contributed by atoms with Crippen LogP contribution in [0.5, 0.6) is 5.88 Å². The molecule has 9 heteroatoms. The lowest BCUT2D eigenvalue weighted by Gasteiger charge is -2.08. The van der Waals surface area contributed by atoms with E-state index >= 15 is 0 Å². The molecule has 0 saturated heterocycles. The Morgan fingerprint density at radius 2 is 1.74 bits per heavy atom. The number of aliphatic imine (C=N–C) groups is 1. The summed E-state index contributed by atoms with van der Waals surface area (Å²) in [5, 5.41) is 30.0. The number of aromatic amines is 1. The van der Waals surface area contributed by atoms with Crippen LogP contribution in [0.2, 0.25) is 0 Å². The van der Waals surface area contributed by atoms with Crippen molar-refractivity contribution < 1.29 is 10.0 Å². The highest BCUT2D eigenvalue weighted by Crippen LogP contribution is 2.33. The summed E-state index contributed by atoms with van der Waals surface area (Å²) in [6.07, 6.45) is 0. The van der Waals surface area contributed by atoms with E-state index in [1.54, 1.807) is 30.3 Å². The number of hydrogen-bond acceptors (Lipinski definition) is 5. The van der Waals surface area contributed by atoms with Gasteiger partial charge in [-0.2, -0.15) is 0 Å². The van der Waals surface area contributed by atoms with Gasteiger partial charge in [-0.1, -0.05) is 42.5 Å². The number of nitro groups is 1. The second-order valence-corrected chi connectivity index (χ2v) is 6.63. The van der Waals surface area contributed by atoms with Gasteiger partial charge in [-0.05, 0) is 18.2 Å². The largest absolute Gasteiger partial charge is 0.494 e. The summed E-state index contributed by atoms with van der Waals surface area (Å²) in [4.78, 5) is 18.4. The van der Waals surface area contributed by atoms with Crippen LogP contribution < -0.4 is 5.73 Å². The van der Waals surface area contributed by atoms with Crippen LogP contribution in [0.3, 0.4) is 0 Å². The molecule has 0 unspecified atom stereocenters. The van der Waals surface area contributed by atoms with E-state index < -0.39 is 4.92 Å². The number of aromatic nitrogens is 1. The molecule has 156 valence electrons. The fourth-order valence-corrected chi connectivity index (χ4v) is 3.25. The molecule has 1 heterocycles. The van der Waals surface area contributed by atoms with Gasteiger partial charge in [0.05, 0.1) is 21.9 Å². The van der Waals surface area contributed by atoms with Crippen molar-refractivity contribution in [1.82, 2.24) is 4.98 Å². The molecule has 0 bridgehead atoms. The third-order valence-corrected chi connectivity index (χ3v) is 4.66. The van der Waals surface area contributed by atoms with E-state index in [-0.39, 0.29) is 29.8 Å².